The highest BCUT2D eigenvalue weighted by molar-refractivity contribution is 6.04. The molecule has 0 heterocycles. The van der Waals surface area contributed by atoms with Gasteiger partial charge in [-0.2, -0.15) is 0 Å². The molecule has 0 amide bonds. The van der Waals surface area contributed by atoms with E-state index in [2.05, 4.69) is 0 Å². The Balaban J connectivity index is 2.85. The molecule has 0 saturated heterocycles. The largest absolute Gasteiger partial charge is 0.468 e. The van der Waals surface area contributed by atoms with Gasteiger partial charge in [-0.15, -0.1) is 0 Å². The van der Waals surface area contributed by atoms with Crippen molar-refractivity contribution in [3.63, 3.8) is 0 Å². The first-order chi connectivity index (χ1) is 12.3. The van der Waals surface area contributed by atoms with E-state index >= 15 is 0 Å². The Bertz CT molecular complexity index is 567. The van der Waals surface area contributed by atoms with Gasteiger partial charge in [-0.3, -0.25) is 9.59 Å². The number of unbranched alkanes of at least 4 members (excludes halogenated alkanes) is 1. The van der Waals surface area contributed by atoms with Crippen LogP contribution >= 0.6 is 0 Å². The minimum absolute atomic E-state index is 0.305. The number of aliphatic hydroxyl groups excluding tert-OH is 1. The lowest BCUT2D eigenvalue weighted by atomic mass is 9.76. The van der Waals surface area contributed by atoms with E-state index in [-0.39, 0.29) is 5.78 Å². The molecule has 5 nitrogen and oxygen atoms in total. The molecule has 1 aromatic rings. The fraction of sp³-hybridized carbons (Fsp3) is 0.619. The first-order valence-corrected chi connectivity index (χ1v) is 9.22. The quantitative estimate of drug-likeness (QED) is 0.480. The monoisotopic (exact) mass is 364 g/mol. The Hall–Kier alpha value is -1.72. The number of hydrogen-bond donors (Lipinski definition) is 1. The Morgan fingerprint density at radius 3 is 2.35 bits per heavy atom. The maximum absolute atomic E-state index is 13.0. The third-order valence-corrected chi connectivity index (χ3v) is 4.77. The van der Waals surface area contributed by atoms with Crippen LogP contribution in [0.4, 0.5) is 0 Å². The lowest BCUT2D eigenvalue weighted by molar-refractivity contribution is -0.160. The second-order valence-corrected chi connectivity index (χ2v) is 7.22. The SMILES string of the molecule is CCCC[C@@H](C(=O)C(C)(C)C(=O)OC)[C@@H](O)[C@H](C)OCc1ccccc1. The van der Waals surface area contributed by atoms with Crippen LogP contribution in [-0.4, -0.2) is 36.2 Å². The number of hydrogen-bond acceptors (Lipinski definition) is 5. The van der Waals surface area contributed by atoms with Crippen LogP contribution < -0.4 is 0 Å². The number of ether oxygens (including phenoxy) is 2. The van der Waals surface area contributed by atoms with Crippen LogP contribution in [0.15, 0.2) is 30.3 Å². The van der Waals surface area contributed by atoms with Crippen LogP contribution in [0.1, 0.15) is 52.5 Å². The Labute approximate surface area is 156 Å². The number of esters is 1. The van der Waals surface area contributed by atoms with Gasteiger partial charge in [0.25, 0.3) is 0 Å². The van der Waals surface area contributed by atoms with Crippen LogP contribution in [0, 0.1) is 11.3 Å². The van der Waals surface area contributed by atoms with E-state index in [4.69, 9.17) is 9.47 Å². The first kappa shape index (κ1) is 22.3. The summed E-state index contributed by atoms with van der Waals surface area (Å²) in [5.41, 5.74) is -0.300. The molecule has 1 rings (SSSR count). The summed E-state index contributed by atoms with van der Waals surface area (Å²) < 4.78 is 10.5. The maximum atomic E-state index is 13.0. The number of ketones is 1. The number of carbonyl (C=O) groups excluding carboxylic acids is 2. The number of methoxy groups -OCH3 is 1. The number of carbonyl (C=O) groups is 2. The van der Waals surface area contributed by atoms with Crippen LogP contribution in [-0.2, 0) is 25.7 Å². The van der Waals surface area contributed by atoms with Gasteiger partial charge in [0, 0.05) is 5.92 Å². The van der Waals surface area contributed by atoms with E-state index in [9.17, 15) is 14.7 Å². The van der Waals surface area contributed by atoms with Gasteiger partial charge in [-0.25, -0.2) is 0 Å². The summed E-state index contributed by atoms with van der Waals surface area (Å²) in [4.78, 5) is 25.0. The minimum Gasteiger partial charge on any atom is -0.468 e. The molecule has 1 aromatic carbocycles. The molecule has 1 N–H and O–H groups in total. The summed E-state index contributed by atoms with van der Waals surface area (Å²) in [6.45, 7) is 7.22. The zero-order valence-corrected chi connectivity index (χ0v) is 16.5. The molecule has 0 bridgehead atoms. The maximum Gasteiger partial charge on any atom is 0.318 e. The first-order valence-electron chi connectivity index (χ1n) is 9.22. The molecule has 0 aliphatic carbocycles. The Morgan fingerprint density at radius 2 is 1.81 bits per heavy atom. The lowest BCUT2D eigenvalue weighted by Crippen LogP contribution is -2.46. The lowest BCUT2D eigenvalue weighted by Gasteiger charge is -2.31. The van der Waals surface area contributed by atoms with Crippen molar-refractivity contribution in [3.8, 4) is 0 Å². The third-order valence-electron chi connectivity index (χ3n) is 4.77. The standard InChI is InChI=1S/C21H32O5/c1-6-7-13-17(19(23)21(3,4)20(24)25-5)18(22)15(2)26-14-16-11-9-8-10-12-16/h8-12,15,17-18,22H,6-7,13-14H2,1-5H3/t15-,17+,18-/m0/s1. The molecule has 0 aromatic heterocycles. The topological polar surface area (TPSA) is 72.8 Å². The van der Waals surface area contributed by atoms with Crippen LogP contribution in [0.2, 0.25) is 0 Å². The fourth-order valence-corrected chi connectivity index (χ4v) is 2.93. The van der Waals surface area contributed by atoms with Crippen molar-refractivity contribution >= 4 is 11.8 Å². The second kappa shape index (κ2) is 10.4. The molecule has 26 heavy (non-hydrogen) atoms. The van der Waals surface area contributed by atoms with Crippen molar-refractivity contribution in [2.45, 2.75) is 65.8 Å². The summed E-state index contributed by atoms with van der Waals surface area (Å²) in [6.07, 6.45) is 0.677. The number of aliphatic hydroxyl groups is 1. The zero-order chi connectivity index (χ0) is 19.7. The molecule has 0 fully saturated rings. The summed E-state index contributed by atoms with van der Waals surface area (Å²) >= 11 is 0. The molecule has 0 aliphatic rings. The number of Topliss-reactive ketones (excluding diaryl/α,β-unsaturated/α-hetero) is 1. The molecule has 3 atom stereocenters. The molecule has 5 heteroatoms. The predicted molar refractivity (Wildman–Crippen MR) is 101 cm³/mol. The summed E-state index contributed by atoms with van der Waals surface area (Å²) in [5, 5.41) is 10.8. The minimum atomic E-state index is -1.30. The molecular formula is C21H32O5. The van der Waals surface area contributed by atoms with Crippen LogP contribution in [0.5, 0.6) is 0 Å². The molecule has 0 unspecified atom stereocenters. The highest BCUT2D eigenvalue weighted by Gasteiger charge is 2.44. The van der Waals surface area contributed by atoms with Crippen LogP contribution in [0.25, 0.3) is 0 Å². The average molecular weight is 364 g/mol. The van der Waals surface area contributed by atoms with E-state index in [1.54, 1.807) is 20.8 Å². The molecule has 146 valence electrons. The van der Waals surface area contributed by atoms with Gasteiger partial charge in [0.05, 0.1) is 25.9 Å². The van der Waals surface area contributed by atoms with Gasteiger partial charge in [0.15, 0.2) is 5.78 Å². The fourth-order valence-electron chi connectivity index (χ4n) is 2.93. The molecular weight excluding hydrogens is 332 g/mol. The third kappa shape index (κ3) is 5.92. The highest BCUT2D eigenvalue weighted by Crippen LogP contribution is 2.29. The van der Waals surface area contributed by atoms with E-state index in [1.807, 2.05) is 37.3 Å². The van der Waals surface area contributed by atoms with Crippen molar-refractivity contribution in [3.05, 3.63) is 35.9 Å². The van der Waals surface area contributed by atoms with Gasteiger partial charge >= 0.3 is 5.97 Å². The van der Waals surface area contributed by atoms with E-state index in [0.29, 0.717) is 13.0 Å². The van der Waals surface area contributed by atoms with Gasteiger partial charge in [-0.05, 0) is 32.8 Å². The summed E-state index contributed by atoms with van der Waals surface area (Å²) in [7, 11) is 1.26. The van der Waals surface area contributed by atoms with Crippen molar-refractivity contribution in [2.75, 3.05) is 7.11 Å². The average Bonchev–Trinajstić information content (AvgIpc) is 2.65. The van der Waals surface area contributed by atoms with Crippen LogP contribution in [0.3, 0.4) is 0 Å². The summed E-state index contributed by atoms with van der Waals surface area (Å²) in [6, 6.07) is 9.66. The van der Waals surface area contributed by atoms with Gasteiger partial charge in [0.2, 0.25) is 0 Å². The van der Waals surface area contributed by atoms with Crippen molar-refractivity contribution < 1.29 is 24.2 Å². The number of rotatable bonds is 11. The van der Waals surface area contributed by atoms with E-state index in [0.717, 1.165) is 18.4 Å². The number of benzene rings is 1. The zero-order valence-electron chi connectivity index (χ0n) is 16.5. The Kier molecular flexibility index (Phi) is 8.96. The summed E-state index contributed by atoms with van der Waals surface area (Å²) in [5.74, 6) is -1.57. The van der Waals surface area contributed by atoms with Gasteiger partial charge < -0.3 is 14.6 Å². The van der Waals surface area contributed by atoms with E-state index < -0.39 is 29.5 Å². The van der Waals surface area contributed by atoms with Gasteiger partial charge in [-0.1, -0.05) is 50.1 Å². The van der Waals surface area contributed by atoms with Gasteiger partial charge in [0.1, 0.15) is 5.41 Å². The smallest absolute Gasteiger partial charge is 0.318 e. The molecule has 0 aliphatic heterocycles. The van der Waals surface area contributed by atoms with E-state index in [1.165, 1.54) is 7.11 Å². The predicted octanol–water partition coefficient (Wildman–Crippen LogP) is 3.53. The Morgan fingerprint density at radius 1 is 1.19 bits per heavy atom. The van der Waals surface area contributed by atoms with Crippen molar-refractivity contribution in [2.24, 2.45) is 11.3 Å². The van der Waals surface area contributed by atoms with Crippen molar-refractivity contribution in [1.29, 1.82) is 0 Å². The molecule has 0 radical (unpaired) electrons. The van der Waals surface area contributed by atoms with Crippen molar-refractivity contribution in [1.82, 2.24) is 0 Å². The molecule has 0 spiro atoms. The second-order valence-electron chi connectivity index (χ2n) is 7.22. The highest BCUT2D eigenvalue weighted by atomic mass is 16.5. The normalized spacial score (nSPS) is 15.2. The molecule has 0 saturated carbocycles.